The lowest BCUT2D eigenvalue weighted by molar-refractivity contribution is 0.112. The maximum absolute atomic E-state index is 10.3. The number of carbonyl (C=O) groups excluding carboxylic acids is 1. The second-order valence-corrected chi connectivity index (χ2v) is 23.7. The number of para-hydroxylation sites is 2. The molecule has 10 nitrogen and oxygen atoms in total. The van der Waals surface area contributed by atoms with Gasteiger partial charge in [0.1, 0.15) is 6.29 Å². The van der Waals surface area contributed by atoms with E-state index < -0.39 is 0 Å². The minimum atomic E-state index is 0.373. The van der Waals surface area contributed by atoms with Gasteiger partial charge >= 0.3 is 0 Å². The molecule has 9 aromatic carbocycles. The minimum absolute atomic E-state index is 0.373. The molecule has 4 N–H and O–H groups in total. The highest BCUT2D eigenvalue weighted by atomic mass is 16.1. The Bertz CT molecular complexity index is 4240. The summed E-state index contributed by atoms with van der Waals surface area (Å²) in [6, 6.07) is 68.1. The van der Waals surface area contributed by atoms with Gasteiger partial charge in [0.2, 0.25) is 0 Å². The topological polar surface area (TPSA) is 121 Å². The van der Waals surface area contributed by atoms with Crippen LogP contribution in [0.5, 0.6) is 0 Å². The van der Waals surface area contributed by atoms with E-state index in [1.54, 1.807) is 0 Å². The molecule has 10 heteroatoms. The third-order valence-corrected chi connectivity index (χ3v) is 17.3. The molecule has 0 spiro atoms. The Morgan fingerprint density at radius 2 is 0.826 bits per heavy atom. The van der Waals surface area contributed by atoms with Crippen molar-refractivity contribution >= 4 is 39.4 Å². The highest BCUT2D eigenvalue weighted by Gasteiger charge is 2.22. The predicted octanol–water partition coefficient (Wildman–Crippen LogP) is 14.4. The van der Waals surface area contributed by atoms with E-state index in [0.29, 0.717) is 18.1 Å². The summed E-state index contributed by atoms with van der Waals surface area (Å²) in [6.45, 7) is 10.2. The number of aromatic nitrogens is 6. The number of nitrogens with zero attached hydrogens (tertiary/aromatic N) is 6. The summed E-state index contributed by atoms with van der Waals surface area (Å²) >= 11 is 0. The van der Waals surface area contributed by atoms with Crippen LogP contribution >= 0.6 is 0 Å². The molecular formula is C76H79N9O. The van der Waals surface area contributed by atoms with Crippen molar-refractivity contribution in [1.82, 2.24) is 39.3 Å². The Morgan fingerprint density at radius 1 is 0.419 bits per heavy atom. The Balaban J connectivity index is 0.000000122. The molecule has 0 fully saturated rings. The van der Waals surface area contributed by atoms with Gasteiger partial charge in [-0.2, -0.15) is 0 Å². The third kappa shape index (κ3) is 14.0. The molecule has 3 aliphatic rings. The molecule has 434 valence electrons. The molecule has 3 aromatic heterocycles. The molecule has 15 rings (SSSR count). The minimum Gasteiger partial charge on any atom is -0.334 e. The molecule has 0 aliphatic heterocycles. The van der Waals surface area contributed by atoms with Crippen LogP contribution in [0, 0.1) is 27.7 Å². The molecule has 86 heavy (non-hydrogen) atoms. The first kappa shape index (κ1) is 58.7. The lowest BCUT2D eigenvalue weighted by atomic mass is 9.99. The molecule has 0 radical (unpaired) electrons. The summed E-state index contributed by atoms with van der Waals surface area (Å²) < 4.78 is 6.14. The van der Waals surface area contributed by atoms with Gasteiger partial charge in [-0.05, 0) is 186 Å². The molecule has 0 saturated heterocycles. The quantitative estimate of drug-likeness (QED) is 0.123. The van der Waals surface area contributed by atoms with E-state index >= 15 is 0 Å². The Labute approximate surface area is 506 Å². The van der Waals surface area contributed by atoms with Crippen LogP contribution in [0.2, 0.25) is 0 Å². The van der Waals surface area contributed by atoms with Gasteiger partial charge in [-0.3, -0.25) is 4.79 Å². The van der Waals surface area contributed by atoms with Crippen molar-refractivity contribution < 1.29 is 4.79 Å². The van der Waals surface area contributed by atoms with E-state index in [1.165, 1.54) is 100 Å². The Kier molecular flexibility index (Phi) is 18.4. The molecule has 3 heterocycles. The summed E-state index contributed by atoms with van der Waals surface area (Å²) in [4.78, 5) is 23.4. The van der Waals surface area contributed by atoms with Crippen LogP contribution in [0.1, 0.15) is 77.1 Å². The van der Waals surface area contributed by atoms with Gasteiger partial charge in [0.15, 0.2) is 0 Å². The average molecular weight is 1130 g/mol. The number of aryl methyl sites for hydroxylation is 7. The van der Waals surface area contributed by atoms with E-state index in [9.17, 15) is 4.79 Å². The van der Waals surface area contributed by atoms with E-state index in [0.717, 1.165) is 85.6 Å². The zero-order valence-electron chi connectivity index (χ0n) is 50.8. The van der Waals surface area contributed by atoms with Crippen LogP contribution in [-0.4, -0.2) is 53.1 Å². The maximum atomic E-state index is 10.3. The van der Waals surface area contributed by atoms with Crippen LogP contribution < -0.4 is 16.4 Å². The molecule has 0 atom stereocenters. The molecule has 0 unspecified atom stereocenters. The van der Waals surface area contributed by atoms with Crippen molar-refractivity contribution in [2.24, 2.45) is 26.9 Å². The number of carbonyl (C=O) groups is 1. The highest BCUT2D eigenvalue weighted by Crippen LogP contribution is 2.30. The lowest BCUT2D eigenvalue weighted by Crippen LogP contribution is -2.29. The van der Waals surface area contributed by atoms with Crippen molar-refractivity contribution in [3.05, 3.63) is 279 Å². The summed E-state index contributed by atoms with van der Waals surface area (Å²) in [6.07, 6.45) is 13.1. The van der Waals surface area contributed by atoms with Gasteiger partial charge in [0.05, 0.1) is 52.1 Å². The first-order valence-corrected chi connectivity index (χ1v) is 30.2. The molecule has 12 aromatic rings. The largest absolute Gasteiger partial charge is 0.334 e. The fraction of sp³-hybridized carbons (Fsp3) is 0.237. The number of rotatable bonds is 9. The first-order valence-electron chi connectivity index (χ1n) is 30.2. The van der Waals surface area contributed by atoms with Crippen molar-refractivity contribution in [1.29, 1.82) is 0 Å². The number of imidazole rings is 3. The van der Waals surface area contributed by atoms with Gasteiger partial charge in [-0.25, -0.2) is 15.0 Å². The van der Waals surface area contributed by atoms with Crippen LogP contribution in [0.3, 0.4) is 0 Å². The fourth-order valence-corrected chi connectivity index (χ4v) is 12.3. The van der Waals surface area contributed by atoms with Crippen LogP contribution in [-0.2, 0) is 72.8 Å². The number of fused-ring (bicyclic) bond motifs is 6. The number of hydrogen-bond donors (Lipinski definition) is 3. The summed E-state index contributed by atoms with van der Waals surface area (Å²) in [5.74, 6) is 0. The van der Waals surface area contributed by atoms with Gasteiger partial charge in [-0.1, -0.05) is 157 Å². The second kappa shape index (κ2) is 26.9. The Morgan fingerprint density at radius 3 is 1.31 bits per heavy atom. The number of benzene rings is 9. The van der Waals surface area contributed by atoms with E-state index in [2.05, 4.69) is 200 Å². The predicted molar refractivity (Wildman–Crippen MR) is 355 cm³/mol. The van der Waals surface area contributed by atoms with Gasteiger partial charge in [0.25, 0.3) is 0 Å². The molecular weight excluding hydrogens is 1050 g/mol. The normalized spacial score (nSPS) is 13.4. The third-order valence-electron chi connectivity index (χ3n) is 17.3. The van der Waals surface area contributed by atoms with Crippen LogP contribution in [0.4, 0.5) is 0 Å². The van der Waals surface area contributed by atoms with E-state index in [4.69, 9.17) is 5.73 Å². The summed E-state index contributed by atoms with van der Waals surface area (Å²) in [7, 11) is 6.07. The number of nitrogens with one attached hydrogen (secondary N) is 2. The zero-order chi connectivity index (χ0) is 59.7. The van der Waals surface area contributed by atoms with Crippen LogP contribution in [0.15, 0.2) is 207 Å². The van der Waals surface area contributed by atoms with Gasteiger partial charge in [-0.15, -0.1) is 0 Å². The first-order chi connectivity index (χ1) is 41.8. The molecule has 3 aliphatic carbocycles. The monoisotopic (exact) mass is 1130 g/mol. The lowest BCUT2D eigenvalue weighted by Gasteiger charge is -2.14. The molecule has 0 saturated carbocycles. The summed E-state index contributed by atoms with van der Waals surface area (Å²) in [5, 5.41) is 7.52. The van der Waals surface area contributed by atoms with Gasteiger partial charge in [0, 0.05) is 57.9 Å². The van der Waals surface area contributed by atoms with Crippen molar-refractivity contribution in [2.45, 2.75) is 97.4 Å². The highest BCUT2D eigenvalue weighted by molar-refractivity contribution is 5.83. The molecule has 0 bridgehead atoms. The maximum Gasteiger partial charge on any atom is 0.150 e. The summed E-state index contributed by atoms with van der Waals surface area (Å²) in [5.41, 5.74) is 34.8. The standard InChI is InChI=1S/2C25H25N3.C9H11N.C9H10O.C8H8N2/c1-17-11-20(21-9-10-25-24(14-21)27-16-28(25)2)7-8-22(17)15-26-23-12-18-5-3-4-6-19(18)13-23;1-17-11-20(21-9-10-24-25(14-21)28(2)16-27-24)7-8-22(17)15-26-23-12-18-5-3-4-6-19(18)13-23;10-9-5-7-3-1-2-4-8(7)6-9;1-7-3-4-9(6-10)8(2)5-7;1-10-6-9-7-4-2-3-5-8(7)10/h2*3-11,14,16,23,26H,12-13,15H2,1-2H3;1-4,9H,5-6,10H2;3-6H,1-2H3;2-6H,1H3. The van der Waals surface area contributed by atoms with Gasteiger partial charge < -0.3 is 30.1 Å². The smallest absolute Gasteiger partial charge is 0.150 e. The second-order valence-electron chi connectivity index (χ2n) is 23.7. The van der Waals surface area contributed by atoms with E-state index in [1.807, 2.05) is 94.9 Å². The van der Waals surface area contributed by atoms with Crippen molar-refractivity contribution in [3.8, 4) is 22.3 Å². The van der Waals surface area contributed by atoms with Crippen molar-refractivity contribution in [2.75, 3.05) is 0 Å². The SMILES string of the molecule is Cc1cc(-c2ccc3c(c2)ncn3C)ccc1CNC1Cc2ccccc2C1.Cc1cc(-c2ccc3ncn(C)c3c2)ccc1CNC1Cc2ccccc2C1.Cc1ccc(C=O)c(C)c1.Cn1cnc2ccccc21.NC1Cc2ccccc2C1. The average Bonchev–Trinajstić information content (AvgIpc) is 4.37. The van der Waals surface area contributed by atoms with Crippen LogP contribution in [0.25, 0.3) is 55.4 Å². The van der Waals surface area contributed by atoms with E-state index in [-0.39, 0.29) is 0 Å². The Hall–Kier alpha value is -9.06. The number of hydrogen-bond acceptors (Lipinski definition) is 7. The number of nitrogens with two attached hydrogens (primary N) is 1. The number of aldehydes is 1. The zero-order valence-corrected chi connectivity index (χ0v) is 50.8. The molecule has 0 amide bonds. The van der Waals surface area contributed by atoms with Crippen molar-refractivity contribution in [3.63, 3.8) is 0 Å². The fourth-order valence-electron chi connectivity index (χ4n) is 12.3.